The Morgan fingerprint density at radius 2 is 2.06 bits per heavy atom. The van der Waals surface area contributed by atoms with Crippen LogP contribution < -0.4 is 5.73 Å². The van der Waals surface area contributed by atoms with Crippen molar-refractivity contribution in [2.45, 2.75) is 71.1 Å². The molecule has 106 valence electrons. The van der Waals surface area contributed by atoms with Crippen molar-refractivity contribution in [3.05, 3.63) is 0 Å². The van der Waals surface area contributed by atoms with Gasteiger partial charge in [0, 0.05) is 30.1 Å². The third kappa shape index (κ3) is 2.33. The fourth-order valence-electron chi connectivity index (χ4n) is 3.53. The number of ether oxygens (including phenoxy) is 1. The summed E-state index contributed by atoms with van der Waals surface area (Å²) in [4.78, 5) is 2.59. The van der Waals surface area contributed by atoms with E-state index in [1.807, 2.05) is 0 Å². The lowest BCUT2D eigenvalue weighted by molar-refractivity contribution is -0.159. The summed E-state index contributed by atoms with van der Waals surface area (Å²) in [5.41, 5.74) is 6.70. The van der Waals surface area contributed by atoms with Crippen LogP contribution in [0.4, 0.5) is 0 Å². The number of nitrogens with two attached hydrogens (primary N) is 1. The van der Waals surface area contributed by atoms with Crippen LogP contribution in [0.15, 0.2) is 0 Å². The van der Waals surface area contributed by atoms with Crippen molar-refractivity contribution in [3.8, 4) is 0 Å². The van der Waals surface area contributed by atoms with E-state index in [2.05, 4.69) is 32.6 Å². The van der Waals surface area contributed by atoms with Gasteiger partial charge in [0.1, 0.15) is 0 Å². The lowest BCUT2D eigenvalue weighted by atomic mass is 9.54. The second-order valence-electron chi connectivity index (χ2n) is 6.84. The molecule has 0 aromatic carbocycles. The van der Waals surface area contributed by atoms with E-state index < -0.39 is 0 Å². The second kappa shape index (κ2) is 5.10. The van der Waals surface area contributed by atoms with Gasteiger partial charge in [-0.15, -0.1) is 0 Å². The minimum atomic E-state index is -0.0710. The molecule has 2 N–H and O–H groups in total. The number of nitrogens with zero attached hydrogens (tertiary/aromatic N) is 1. The fourth-order valence-corrected chi connectivity index (χ4v) is 3.53. The van der Waals surface area contributed by atoms with Gasteiger partial charge in [-0.1, -0.05) is 20.3 Å². The van der Waals surface area contributed by atoms with Gasteiger partial charge < -0.3 is 10.5 Å². The van der Waals surface area contributed by atoms with Crippen LogP contribution in [0, 0.1) is 5.41 Å². The molecule has 0 spiro atoms. The molecule has 1 heterocycles. The largest absolute Gasteiger partial charge is 0.378 e. The number of hydrogen-bond donors (Lipinski definition) is 1. The Morgan fingerprint density at radius 3 is 2.61 bits per heavy atom. The molecule has 18 heavy (non-hydrogen) atoms. The van der Waals surface area contributed by atoms with Gasteiger partial charge in [0.05, 0.1) is 6.10 Å². The summed E-state index contributed by atoms with van der Waals surface area (Å²) < 4.78 is 5.81. The van der Waals surface area contributed by atoms with Crippen LogP contribution in [-0.2, 0) is 4.74 Å². The number of hydrogen-bond acceptors (Lipinski definition) is 3. The molecule has 0 aromatic heterocycles. The molecule has 0 radical (unpaired) electrons. The molecular weight excluding hydrogens is 224 g/mol. The van der Waals surface area contributed by atoms with E-state index >= 15 is 0 Å². The summed E-state index contributed by atoms with van der Waals surface area (Å²) in [6, 6.07) is 0.695. The van der Waals surface area contributed by atoms with Crippen molar-refractivity contribution in [1.82, 2.24) is 4.90 Å². The average Bonchev–Trinajstić information content (AvgIpc) is 2.32. The summed E-state index contributed by atoms with van der Waals surface area (Å²) in [6.45, 7) is 12.0. The van der Waals surface area contributed by atoms with Crippen LogP contribution in [0.3, 0.4) is 0 Å². The first-order valence-corrected chi connectivity index (χ1v) is 7.55. The fraction of sp³-hybridized carbons (Fsp3) is 1.00. The summed E-state index contributed by atoms with van der Waals surface area (Å²) >= 11 is 0. The van der Waals surface area contributed by atoms with Crippen molar-refractivity contribution in [2.24, 2.45) is 11.1 Å². The molecule has 2 fully saturated rings. The Bertz CT molecular complexity index is 292. The Kier molecular flexibility index (Phi) is 4.05. The van der Waals surface area contributed by atoms with Crippen LogP contribution in [0.25, 0.3) is 0 Å². The average molecular weight is 254 g/mol. The SMILES string of the molecule is CCOC1CC(N)(CN2CCCCC2C)C1(C)C. The summed E-state index contributed by atoms with van der Waals surface area (Å²) in [5.74, 6) is 0. The highest BCUT2D eigenvalue weighted by Crippen LogP contribution is 2.50. The molecule has 3 heteroatoms. The van der Waals surface area contributed by atoms with Gasteiger partial charge in [-0.25, -0.2) is 0 Å². The van der Waals surface area contributed by atoms with Crippen LogP contribution in [0.2, 0.25) is 0 Å². The molecule has 2 aliphatic rings. The number of piperidine rings is 1. The molecule has 3 atom stereocenters. The lowest BCUT2D eigenvalue weighted by Crippen LogP contribution is -2.74. The molecule has 3 nitrogen and oxygen atoms in total. The van der Waals surface area contributed by atoms with Crippen LogP contribution in [-0.4, -0.2) is 42.3 Å². The van der Waals surface area contributed by atoms with Crippen molar-refractivity contribution in [3.63, 3.8) is 0 Å². The van der Waals surface area contributed by atoms with E-state index in [4.69, 9.17) is 10.5 Å². The zero-order valence-corrected chi connectivity index (χ0v) is 12.5. The highest BCUT2D eigenvalue weighted by Gasteiger charge is 2.59. The monoisotopic (exact) mass is 254 g/mol. The summed E-state index contributed by atoms with van der Waals surface area (Å²) in [6.07, 6.45) is 5.38. The molecule has 1 aliphatic heterocycles. The van der Waals surface area contributed by atoms with E-state index in [9.17, 15) is 0 Å². The van der Waals surface area contributed by atoms with E-state index in [1.54, 1.807) is 0 Å². The first kappa shape index (κ1) is 14.3. The molecule has 3 unspecified atom stereocenters. The molecule has 1 saturated heterocycles. The molecule has 0 aromatic rings. The van der Waals surface area contributed by atoms with Crippen LogP contribution >= 0.6 is 0 Å². The molecule has 2 rings (SSSR count). The first-order chi connectivity index (χ1) is 8.40. The van der Waals surface area contributed by atoms with Crippen LogP contribution in [0.5, 0.6) is 0 Å². The van der Waals surface area contributed by atoms with Gasteiger partial charge in [0.15, 0.2) is 0 Å². The Morgan fingerprint density at radius 1 is 1.33 bits per heavy atom. The maximum Gasteiger partial charge on any atom is 0.0662 e. The molecular formula is C15H30N2O. The Balaban J connectivity index is 1.96. The van der Waals surface area contributed by atoms with Gasteiger partial charge >= 0.3 is 0 Å². The molecule has 1 saturated carbocycles. The standard InChI is InChI=1S/C15H30N2O/c1-5-18-13-10-15(16,14(13,3)4)11-17-9-7-6-8-12(17)2/h12-13H,5-11,16H2,1-4H3. The third-order valence-corrected chi connectivity index (χ3v) is 5.43. The summed E-state index contributed by atoms with van der Waals surface area (Å²) in [7, 11) is 0. The predicted molar refractivity (Wildman–Crippen MR) is 75.6 cm³/mol. The van der Waals surface area contributed by atoms with Crippen molar-refractivity contribution >= 4 is 0 Å². The smallest absolute Gasteiger partial charge is 0.0662 e. The normalized spacial score (nSPS) is 40.5. The maximum atomic E-state index is 6.67. The zero-order valence-electron chi connectivity index (χ0n) is 12.5. The maximum absolute atomic E-state index is 6.67. The quantitative estimate of drug-likeness (QED) is 0.837. The Hall–Kier alpha value is -0.120. The van der Waals surface area contributed by atoms with Gasteiger partial charge in [0.25, 0.3) is 0 Å². The number of rotatable bonds is 4. The predicted octanol–water partition coefficient (Wildman–Crippen LogP) is 2.39. The highest BCUT2D eigenvalue weighted by molar-refractivity contribution is 5.15. The number of likely N-dealkylation sites (tertiary alicyclic amines) is 1. The van der Waals surface area contributed by atoms with Gasteiger partial charge in [-0.2, -0.15) is 0 Å². The topological polar surface area (TPSA) is 38.5 Å². The van der Waals surface area contributed by atoms with Gasteiger partial charge in [0.2, 0.25) is 0 Å². The van der Waals surface area contributed by atoms with Crippen molar-refractivity contribution in [1.29, 1.82) is 0 Å². The van der Waals surface area contributed by atoms with E-state index in [0.717, 1.165) is 19.6 Å². The molecule has 0 amide bonds. The Labute approximate surface area is 112 Å². The van der Waals surface area contributed by atoms with E-state index in [1.165, 1.54) is 25.8 Å². The van der Waals surface area contributed by atoms with Gasteiger partial charge in [-0.05, 0) is 39.7 Å². The van der Waals surface area contributed by atoms with Gasteiger partial charge in [-0.3, -0.25) is 4.90 Å². The molecule has 0 bridgehead atoms. The van der Waals surface area contributed by atoms with Crippen LogP contribution in [0.1, 0.15) is 53.4 Å². The summed E-state index contributed by atoms with van der Waals surface area (Å²) in [5, 5.41) is 0. The minimum Gasteiger partial charge on any atom is -0.378 e. The second-order valence-corrected chi connectivity index (χ2v) is 6.84. The minimum absolute atomic E-state index is 0.0710. The highest BCUT2D eigenvalue weighted by atomic mass is 16.5. The van der Waals surface area contributed by atoms with E-state index in [0.29, 0.717) is 12.1 Å². The third-order valence-electron chi connectivity index (χ3n) is 5.43. The van der Waals surface area contributed by atoms with Crippen molar-refractivity contribution in [2.75, 3.05) is 19.7 Å². The zero-order chi connectivity index (χ0) is 13.4. The first-order valence-electron chi connectivity index (χ1n) is 7.55. The molecule has 1 aliphatic carbocycles. The lowest BCUT2D eigenvalue weighted by Gasteiger charge is -2.61. The van der Waals surface area contributed by atoms with E-state index in [-0.39, 0.29) is 11.0 Å². The van der Waals surface area contributed by atoms with Crippen molar-refractivity contribution < 1.29 is 4.74 Å².